The van der Waals surface area contributed by atoms with Crippen LogP contribution in [0.25, 0.3) is 0 Å². The molecule has 0 aromatic carbocycles. The SMILES string of the molecule is CCCCNc1ccnc(NC)c1. The topological polar surface area (TPSA) is 37.0 Å². The Balaban J connectivity index is 2.46. The Morgan fingerprint density at radius 2 is 2.31 bits per heavy atom. The molecule has 0 aliphatic heterocycles. The highest BCUT2D eigenvalue weighted by molar-refractivity contribution is 5.51. The van der Waals surface area contributed by atoms with Crippen molar-refractivity contribution in [3.8, 4) is 0 Å². The summed E-state index contributed by atoms with van der Waals surface area (Å²) in [5, 5.41) is 6.35. The largest absolute Gasteiger partial charge is 0.385 e. The molecule has 0 saturated heterocycles. The molecule has 0 atom stereocenters. The van der Waals surface area contributed by atoms with Crippen LogP contribution in [0.4, 0.5) is 11.5 Å². The van der Waals surface area contributed by atoms with Gasteiger partial charge in [-0.3, -0.25) is 0 Å². The standard InChI is InChI=1S/C10H17N3/c1-3-4-6-12-9-5-7-13-10(8-9)11-2/h5,7-8H,3-4,6H2,1-2H3,(H2,11,12,13). The number of nitrogens with zero attached hydrogens (tertiary/aromatic N) is 1. The third-order valence-corrected chi connectivity index (χ3v) is 1.88. The van der Waals surface area contributed by atoms with Crippen LogP contribution in [-0.2, 0) is 0 Å². The second-order valence-electron chi connectivity index (χ2n) is 2.96. The van der Waals surface area contributed by atoms with Crippen LogP contribution in [0.1, 0.15) is 19.8 Å². The lowest BCUT2D eigenvalue weighted by Crippen LogP contribution is -2.01. The van der Waals surface area contributed by atoms with Crippen LogP contribution in [-0.4, -0.2) is 18.6 Å². The minimum atomic E-state index is 0.904. The fourth-order valence-corrected chi connectivity index (χ4v) is 1.09. The van der Waals surface area contributed by atoms with Crippen molar-refractivity contribution in [3.05, 3.63) is 18.3 Å². The lowest BCUT2D eigenvalue weighted by molar-refractivity contribution is 0.834. The Hall–Kier alpha value is -1.25. The molecule has 0 radical (unpaired) electrons. The van der Waals surface area contributed by atoms with Crippen molar-refractivity contribution in [3.63, 3.8) is 0 Å². The second-order valence-corrected chi connectivity index (χ2v) is 2.96. The Labute approximate surface area is 79.6 Å². The van der Waals surface area contributed by atoms with Gasteiger partial charge in [-0.05, 0) is 12.5 Å². The number of anilines is 2. The maximum absolute atomic E-state index is 4.14. The van der Waals surface area contributed by atoms with E-state index in [1.54, 1.807) is 6.20 Å². The Morgan fingerprint density at radius 3 is 3.00 bits per heavy atom. The molecule has 1 aromatic heterocycles. The van der Waals surface area contributed by atoms with E-state index in [0.29, 0.717) is 0 Å². The van der Waals surface area contributed by atoms with Crippen molar-refractivity contribution in [1.29, 1.82) is 0 Å². The molecule has 72 valence electrons. The Bertz CT molecular complexity index is 248. The molecule has 0 saturated carbocycles. The predicted molar refractivity (Wildman–Crippen MR) is 57.2 cm³/mol. The molecular weight excluding hydrogens is 162 g/mol. The molecule has 3 heteroatoms. The first-order chi connectivity index (χ1) is 6.36. The minimum Gasteiger partial charge on any atom is -0.385 e. The zero-order valence-corrected chi connectivity index (χ0v) is 8.30. The highest BCUT2D eigenvalue weighted by Crippen LogP contribution is 2.10. The first kappa shape index (κ1) is 9.84. The van der Waals surface area contributed by atoms with Crippen LogP contribution in [0.15, 0.2) is 18.3 Å². The van der Waals surface area contributed by atoms with E-state index in [1.807, 2.05) is 19.2 Å². The molecule has 0 amide bonds. The summed E-state index contributed by atoms with van der Waals surface area (Å²) in [6.07, 6.45) is 4.23. The lowest BCUT2D eigenvalue weighted by atomic mass is 10.3. The fraction of sp³-hybridized carbons (Fsp3) is 0.500. The monoisotopic (exact) mass is 179 g/mol. The molecule has 0 fully saturated rings. The summed E-state index contributed by atoms with van der Waals surface area (Å²) < 4.78 is 0. The summed E-state index contributed by atoms with van der Waals surface area (Å²) in [4.78, 5) is 4.14. The normalized spacial score (nSPS) is 9.69. The van der Waals surface area contributed by atoms with E-state index in [1.165, 1.54) is 12.8 Å². The van der Waals surface area contributed by atoms with Crippen molar-refractivity contribution in [1.82, 2.24) is 4.98 Å². The van der Waals surface area contributed by atoms with Crippen molar-refractivity contribution >= 4 is 11.5 Å². The molecule has 1 rings (SSSR count). The van der Waals surface area contributed by atoms with Gasteiger partial charge in [0.1, 0.15) is 5.82 Å². The second kappa shape index (κ2) is 5.41. The van der Waals surface area contributed by atoms with E-state index >= 15 is 0 Å². The summed E-state index contributed by atoms with van der Waals surface area (Å²) in [6, 6.07) is 3.99. The minimum absolute atomic E-state index is 0.904. The van der Waals surface area contributed by atoms with E-state index < -0.39 is 0 Å². The number of rotatable bonds is 5. The molecule has 0 bridgehead atoms. The van der Waals surface area contributed by atoms with Gasteiger partial charge in [-0.2, -0.15) is 0 Å². The molecule has 0 aliphatic rings. The number of aromatic nitrogens is 1. The zero-order valence-electron chi connectivity index (χ0n) is 8.30. The van der Waals surface area contributed by atoms with Gasteiger partial charge in [-0.1, -0.05) is 13.3 Å². The fourth-order valence-electron chi connectivity index (χ4n) is 1.09. The smallest absolute Gasteiger partial charge is 0.127 e. The van der Waals surface area contributed by atoms with Gasteiger partial charge in [0.25, 0.3) is 0 Å². The zero-order chi connectivity index (χ0) is 9.52. The van der Waals surface area contributed by atoms with Crippen LogP contribution in [0.5, 0.6) is 0 Å². The van der Waals surface area contributed by atoms with Crippen LogP contribution >= 0.6 is 0 Å². The lowest BCUT2D eigenvalue weighted by Gasteiger charge is -2.06. The molecule has 3 nitrogen and oxygen atoms in total. The third-order valence-electron chi connectivity index (χ3n) is 1.88. The first-order valence-corrected chi connectivity index (χ1v) is 4.74. The van der Waals surface area contributed by atoms with Crippen LogP contribution in [0.2, 0.25) is 0 Å². The number of nitrogens with one attached hydrogen (secondary N) is 2. The summed E-state index contributed by atoms with van der Waals surface area (Å²) in [6.45, 7) is 3.22. The average Bonchev–Trinajstić information content (AvgIpc) is 2.19. The van der Waals surface area contributed by atoms with Gasteiger partial charge >= 0.3 is 0 Å². The maximum Gasteiger partial charge on any atom is 0.127 e. The molecule has 1 aromatic rings. The highest BCUT2D eigenvalue weighted by Gasteiger charge is 1.93. The van der Waals surface area contributed by atoms with Gasteiger partial charge in [-0.25, -0.2) is 4.98 Å². The van der Waals surface area contributed by atoms with Gasteiger partial charge in [0.15, 0.2) is 0 Å². The van der Waals surface area contributed by atoms with Crippen LogP contribution in [0, 0.1) is 0 Å². The van der Waals surface area contributed by atoms with Crippen molar-refractivity contribution in [2.45, 2.75) is 19.8 Å². The summed E-state index contributed by atoms with van der Waals surface area (Å²) in [5.41, 5.74) is 1.13. The Morgan fingerprint density at radius 1 is 1.46 bits per heavy atom. The number of pyridine rings is 1. The summed E-state index contributed by atoms with van der Waals surface area (Å²) in [5.74, 6) is 0.904. The molecule has 13 heavy (non-hydrogen) atoms. The highest BCUT2D eigenvalue weighted by atomic mass is 15.0. The van der Waals surface area contributed by atoms with Crippen LogP contribution in [0.3, 0.4) is 0 Å². The molecule has 0 unspecified atom stereocenters. The maximum atomic E-state index is 4.14. The molecular formula is C10H17N3. The molecule has 1 heterocycles. The van der Waals surface area contributed by atoms with E-state index in [4.69, 9.17) is 0 Å². The van der Waals surface area contributed by atoms with E-state index in [9.17, 15) is 0 Å². The van der Waals surface area contributed by atoms with Gasteiger partial charge in [0, 0.05) is 31.5 Å². The molecule has 0 aliphatic carbocycles. The van der Waals surface area contributed by atoms with Crippen molar-refractivity contribution in [2.24, 2.45) is 0 Å². The molecule has 0 spiro atoms. The third kappa shape index (κ3) is 3.32. The Kier molecular flexibility index (Phi) is 4.09. The van der Waals surface area contributed by atoms with Gasteiger partial charge < -0.3 is 10.6 Å². The number of hydrogen-bond donors (Lipinski definition) is 2. The first-order valence-electron chi connectivity index (χ1n) is 4.74. The summed E-state index contributed by atoms with van der Waals surface area (Å²) >= 11 is 0. The molecule has 2 N–H and O–H groups in total. The number of unbranched alkanes of at least 4 members (excludes halogenated alkanes) is 1. The van der Waals surface area contributed by atoms with E-state index in [2.05, 4.69) is 22.5 Å². The predicted octanol–water partition coefficient (Wildman–Crippen LogP) is 2.34. The summed E-state index contributed by atoms with van der Waals surface area (Å²) in [7, 11) is 1.87. The van der Waals surface area contributed by atoms with Crippen LogP contribution < -0.4 is 10.6 Å². The van der Waals surface area contributed by atoms with Crippen molar-refractivity contribution in [2.75, 3.05) is 24.2 Å². The quantitative estimate of drug-likeness (QED) is 0.681. The number of hydrogen-bond acceptors (Lipinski definition) is 3. The van der Waals surface area contributed by atoms with Gasteiger partial charge in [0.2, 0.25) is 0 Å². The van der Waals surface area contributed by atoms with Gasteiger partial charge in [-0.15, -0.1) is 0 Å². The van der Waals surface area contributed by atoms with Crippen molar-refractivity contribution < 1.29 is 0 Å². The van der Waals surface area contributed by atoms with Gasteiger partial charge in [0.05, 0.1) is 0 Å². The van der Waals surface area contributed by atoms with E-state index in [0.717, 1.165) is 18.1 Å². The van der Waals surface area contributed by atoms with E-state index in [-0.39, 0.29) is 0 Å². The average molecular weight is 179 g/mol.